The molecule has 0 aliphatic heterocycles. The number of hydrogen-bond acceptors (Lipinski definition) is 5. The molecule has 2 N–H and O–H groups in total. The van der Waals surface area contributed by atoms with Crippen molar-refractivity contribution in [3.8, 4) is 11.3 Å². The van der Waals surface area contributed by atoms with Gasteiger partial charge in [-0.3, -0.25) is 5.32 Å². The molecule has 2 aromatic rings. The van der Waals surface area contributed by atoms with Crippen molar-refractivity contribution in [3.63, 3.8) is 0 Å². The predicted octanol–water partition coefficient (Wildman–Crippen LogP) is 4.04. The van der Waals surface area contributed by atoms with E-state index in [-0.39, 0.29) is 11.5 Å². The predicted molar refractivity (Wildman–Crippen MR) is 83.8 cm³/mol. The second-order valence-electron chi connectivity index (χ2n) is 5.70. The molecule has 0 aliphatic carbocycles. The molecule has 0 saturated heterocycles. The lowest BCUT2D eigenvalue weighted by molar-refractivity contribution is 0.0633. The van der Waals surface area contributed by atoms with Gasteiger partial charge in [-0.05, 0) is 39.0 Å². The molecule has 0 fully saturated rings. The highest BCUT2D eigenvalue weighted by Gasteiger charge is 2.20. The van der Waals surface area contributed by atoms with Crippen LogP contribution in [0, 0.1) is 0 Å². The van der Waals surface area contributed by atoms with Crippen LogP contribution in [-0.4, -0.2) is 27.9 Å². The molecule has 0 bridgehead atoms. The van der Waals surface area contributed by atoms with Gasteiger partial charge in [0.25, 0.3) is 0 Å². The van der Waals surface area contributed by atoms with E-state index in [0.29, 0.717) is 16.3 Å². The maximum absolute atomic E-state index is 11.9. The number of carboxylic acids is 1. The van der Waals surface area contributed by atoms with Gasteiger partial charge in [-0.15, -0.1) is 0 Å². The molecular weight excluding hydrogens is 324 g/mol. The lowest BCUT2D eigenvalue weighted by atomic mass is 10.1. The zero-order valence-electron chi connectivity index (χ0n) is 12.7. The van der Waals surface area contributed by atoms with Gasteiger partial charge in [0, 0.05) is 16.7 Å². The third-order valence-corrected chi connectivity index (χ3v) is 2.85. The Bertz CT molecular complexity index is 749. The van der Waals surface area contributed by atoms with Crippen LogP contribution in [0.5, 0.6) is 0 Å². The largest absolute Gasteiger partial charge is 0.476 e. The minimum atomic E-state index is -1.21. The molecule has 1 amide bonds. The molecule has 0 aliphatic rings. The van der Waals surface area contributed by atoms with Crippen molar-refractivity contribution in [1.82, 2.24) is 5.16 Å². The zero-order valence-corrected chi connectivity index (χ0v) is 13.5. The van der Waals surface area contributed by atoms with Crippen LogP contribution in [0.3, 0.4) is 0 Å². The van der Waals surface area contributed by atoms with E-state index in [2.05, 4.69) is 10.5 Å². The number of aromatic nitrogens is 1. The van der Waals surface area contributed by atoms with Crippen LogP contribution >= 0.6 is 11.6 Å². The van der Waals surface area contributed by atoms with Gasteiger partial charge in [-0.25, -0.2) is 9.59 Å². The highest BCUT2D eigenvalue weighted by atomic mass is 35.5. The van der Waals surface area contributed by atoms with Crippen molar-refractivity contribution >= 4 is 29.4 Å². The average Bonchev–Trinajstić information content (AvgIpc) is 2.86. The van der Waals surface area contributed by atoms with Crippen LogP contribution in [0.25, 0.3) is 11.3 Å². The monoisotopic (exact) mass is 338 g/mol. The van der Waals surface area contributed by atoms with Gasteiger partial charge in [-0.2, -0.15) is 0 Å². The van der Waals surface area contributed by atoms with E-state index in [1.807, 2.05) is 0 Å². The summed E-state index contributed by atoms with van der Waals surface area (Å²) in [5.41, 5.74) is -0.149. The number of halogens is 1. The first-order valence-corrected chi connectivity index (χ1v) is 7.03. The maximum atomic E-state index is 11.9. The molecular formula is C15H15ClN2O5. The number of aromatic carboxylic acids is 1. The van der Waals surface area contributed by atoms with Gasteiger partial charge in [0.15, 0.2) is 11.5 Å². The van der Waals surface area contributed by atoms with Crippen molar-refractivity contribution in [2.24, 2.45) is 0 Å². The fraction of sp³-hybridized carbons (Fsp3) is 0.267. The third-order valence-electron chi connectivity index (χ3n) is 2.61. The summed E-state index contributed by atoms with van der Waals surface area (Å²) in [5.74, 6) is -1.03. The molecule has 23 heavy (non-hydrogen) atoms. The molecule has 8 heteroatoms. The van der Waals surface area contributed by atoms with Crippen LogP contribution in [0.15, 0.2) is 28.8 Å². The second-order valence-corrected chi connectivity index (χ2v) is 6.13. The van der Waals surface area contributed by atoms with E-state index < -0.39 is 17.7 Å². The van der Waals surface area contributed by atoms with E-state index in [9.17, 15) is 9.59 Å². The number of carboxylic acid groups (broad SMARTS) is 1. The number of carbonyl (C=O) groups is 2. The molecule has 0 radical (unpaired) electrons. The van der Waals surface area contributed by atoms with Crippen molar-refractivity contribution in [1.29, 1.82) is 0 Å². The Morgan fingerprint density at radius 2 is 2.00 bits per heavy atom. The van der Waals surface area contributed by atoms with Gasteiger partial charge in [-0.1, -0.05) is 16.8 Å². The normalized spacial score (nSPS) is 11.1. The Labute approximate surface area is 137 Å². The molecule has 0 unspecified atom stereocenters. The Morgan fingerprint density at radius 1 is 1.30 bits per heavy atom. The SMILES string of the molecule is CC(C)(C)OC(=O)Nc1cc(Cl)ccc1-c1cc(C(=O)O)no1. The zero-order chi connectivity index (χ0) is 17.2. The number of amides is 1. The number of ether oxygens (including phenoxy) is 1. The number of carbonyl (C=O) groups excluding carboxylic acids is 1. The Kier molecular flexibility index (Phi) is 4.60. The van der Waals surface area contributed by atoms with Crippen molar-refractivity contribution in [2.75, 3.05) is 5.32 Å². The van der Waals surface area contributed by atoms with Crippen LogP contribution in [0.4, 0.5) is 10.5 Å². The number of nitrogens with zero attached hydrogens (tertiary/aromatic N) is 1. The summed E-state index contributed by atoms with van der Waals surface area (Å²) in [7, 11) is 0. The molecule has 2 rings (SSSR count). The Hall–Kier alpha value is -2.54. The van der Waals surface area contributed by atoms with E-state index in [1.54, 1.807) is 32.9 Å². The summed E-state index contributed by atoms with van der Waals surface area (Å²) in [5, 5.41) is 15.3. The molecule has 1 aromatic heterocycles. The Balaban J connectivity index is 2.33. The highest BCUT2D eigenvalue weighted by Crippen LogP contribution is 2.31. The molecule has 1 aromatic carbocycles. The molecule has 7 nitrogen and oxygen atoms in total. The van der Waals surface area contributed by atoms with Crippen LogP contribution < -0.4 is 5.32 Å². The molecule has 122 valence electrons. The second kappa shape index (κ2) is 6.29. The van der Waals surface area contributed by atoms with E-state index >= 15 is 0 Å². The molecule has 0 saturated carbocycles. The molecule has 0 atom stereocenters. The fourth-order valence-corrected chi connectivity index (χ4v) is 1.92. The first-order valence-electron chi connectivity index (χ1n) is 6.65. The van der Waals surface area contributed by atoms with E-state index in [0.717, 1.165) is 0 Å². The minimum Gasteiger partial charge on any atom is -0.476 e. The quantitative estimate of drug-likeness (QED) is 0.875. The van der Waals surface area contributed by atoms with Crippen LogP contribution in [-0.2, 0) is 4.74 Å². The van der Waals surface area contributed by atoms with Gasteiger partial charge in [0.2, 0.25) is 0 Å². The standard InChI is InChI=1S/C15H15ClN2O5/c1-15(2,3)22-14(21)17-10-6-8(16)4-5-9(10)12-7-11(13(19)20)18-23-12/h4-7H,1-3H3,(H,17,21)(H,19,20). The topological polar surface area (TPSA) is 102 Å². The summed E-state index contributed by atoms with van der Waals surface area (Å²) in [4.78, 5) is 22.8. The molecule has 0 spiro atoms. The summed E-state index contributed by atoms with van der Waals surface area (Å²) in [6.45, 7) is 5.21. The Morgan fingerprint density at radius 3 is 2.57 bits per heavy atom. The smallest absolute Gasteiger partial charge is 0.412 e. The number of anilines is 1. The summed E-state index contributed by atoms with van der Waals surface area (Å²) in [6.07, 6.45) is -0.668. The number of nitrogens with one attached hydrogen (secondary N) is 1. The summed E-state index contributed by atoms with van der Waals surface area (Å²) in [6, 6.07) is 5.93. The summed E-state index contributed by atoms with van der Waals surface area (Å²) >= 11 is 5.94. The van der Waals surface area contributed by atoms with Gasteiger partial charge in [0.05, 0.1) is 5.69 Å². The molecule has 1 heterocycles. The lowest BCUT2D eigenvalue weighted by Gasteiger charge is -2.20. The van der Waals surface area contributed by atoms with Crippen LogP contribution in [0.2, 0.25) is 5.02 Å². The number of benzene rings is 1. The third kappa shape index (κ3) is 4.46. The average molecular weight is 339 g/mol. The van der Waals surface area contributed by atoms with Gasteiger partial charge < -0.3 is 14.4 Å². The summed E-state index contributed by atoms with van der Waals surface area (Å²) < 4.78 is 10.2. The first kappa shape index (κ1) is 16.8. The van der Waals surface area contributed by atoms with E-state index in [1.165, 1.54) is 12.1 Å². The fourth-order valence-electron chi connectivity index (χ4n) is 1.75. The lowest BCUT2D eigenvalue weighted by Crippen LogP contribution is -2.27. The minimum absolute atomic E-state index is 0.185. The maximum Gasteiger partial charge on any atom is 0.412 e. The van der Waals surface area contributed by atoms with Crippen molar-refractivity contribution in [2.45, 2.75) is 26.4 Å². The number of hydrogen-bond donors (Lipinski definition) is 2. The van der Waals surface area contributed by atoms with Crippen LogP contribution in [0.1, 0.15) is 31.3 Å². The van der Waals surface area contributed by atoms with Crippen molar-refractivity contribution in [3.05, 3.63) is 35.0 Å². The first-order chi connectivity index (χ1) is 10.7. The van der Waals surface area contributed by atoms with Gasteiger partial charge in [0.1, 0.15) is 5.60 Å². The number of rotatable bonds is 3. The van der Waals surface area contributed by atoms with E-state index in [4.69, 9.17) is 26.0 Å². The van der Waals surface area contributed by atoms with Gasteiger partial charge >= 0.3 is 12.1 Å². The highest BCUT2D eigenvalue weighted by molar-refractivity contribution is 6.31. The van der Waals surface area contributed by atoms with Crippen molar-refractivity contribution < 1.29 is 24.0 Å².